The molecule has 1 unspecified atom stereocenters. The van der Waals surface area contributed by atoms with E-state index < -0.39 is 15.9 Å². The highest BCUT2D eigenvalue weighted by molar-refractivity contribution is 7.90. The normalized spacial score (nSPS) is 16.8. The first kappa shape index (κ1) is 18.9. The van der Waals surface area contributed by atoms with Crippen molar-refractivity contribution in [2.75, 3.05) is 22.6 Å². The molecule has 8 heteroatoms. The fraction of sp³-hybridized carbons (Fsp3) is 0.263. The molecule has 1 aliphatic rings. The van der Waals surface area contributed by atoms with Gasteiger partial charge in [0, 0.05) is 19.7 Å². The van der Waals surface area contributed by atoms with Crippen molar-refractivity contribution in [3.8, 4) is 11.1 Å². The zero-order valence-corrected chi connectivity index (χ0v) is 16.0. The molecule has 142 valence electrons. The summed E-state index contributed by atoms with van der Waals surface area (Å²) in [6.45, 7) is 3.44. The molecule has 0 bridgehead atoms. The lowest BCUT2D eigenvalue weighted by Gasteiger charge is -2.39. The fourth-order valence-corrected chi connectivity index (χ4v) is 3.99. The Kier molecular flexibility index (Phi) is 4.69. The van der Waals surface area contributed by atoms with Crippen molar-refractivity contribution < 1.29 is 23.1 Å². The minimum absolute atomic E-state index is 0.154. The third-order valence-electron chi connectivity index (χ3n) is 4.60. The van der Waals surface area contributed by atoms with Crippen molar-refractivity contribution in [3.63, 3.8) is 0 Å². The number of sulfone groups is 1. The van der Waals surface area contributed by atoms with Crippen LogP contribution in [0.2, 0.25) is 0 Å². The maximum Gasteiger partial charge on any atom is 0.411 e. The van der Waals surface area contributed by atoms with Gasteiger partial charge < -0.3 is 10.0 Å². The number of carbonyl (C=O) groups excluding carboxylic acids is 1. The van der Waals surface area contributed by atoms with Crippen LogP contribution >= 0.6 is 0 Å². The second-order valence-corrected chi connectivity index (χ2v) is 8.65. The number of nitrogens with zero attached hydrogens (tertiary/aromatic N) is 2. The van der Waals surface area contributed by atoms with Gasteiger partial charge in [0.1, 0.15) is 0 Å². The first-order valence-corrected chi connectivity index (χ1v) is 10.2. The summed E-state index contributed by atoms with van der Waals surface area (Å²) in [4.78, 5) is 26.8. The van der Waals surface area contributed by atoms with Gasteiger partial charge in [-0.2, -0.15) is 0 Å². The van der Waals surface area contributed by atoms with Crippen LogP contribution in [-0.2, 0) is 14.6 Å². The lowest BCUT2D eigenvalue weighted by atomic mass is 10.0. The summed E-state index contributed by atoms with van der Waals surface area (Å²) >= 11 is 0. The molecule has 1 aliphatic heterocycles. The number of carbonyl (C=O) groups is 2. The maximum absolute atomic E-state index is 12.0. The van der Waals surface area contributed by atoms with Gasteiger partial charge in [0.15, 0.2) is 9.84 Å². The van der Waals surface area contributed by atoms with E-state index in [2.05, 4.69) is 0 Å². The quantitative estimate of drug-likeness (QED) is 0.853. The molecule has 0 aromatic heterocycles. The van der Waals surface area contributed by atoms with Crippen LogP contribution in [-0.4, -0.2) is 44.4 Å². The molecule has 3 rings (SSSR count). The fourth-order valence-electron chi connectivity index (χ4n) is 3.36. The Bertz CT molecular complexity index is 1010. The van der Waals surface area contributed by atoms with Gasteiger partial charge >= 0.3 is 6.09 Å². The van der Waals surface area contributed by atoms with E-state index in [-0.39, 0.29) is 23.4 Å². The number of rotatable bonds is 2. The minimum Gasteiger partial charge on any atom is -0.465 e. The Morgan fingerprint density at radius 2 is 1.63 bits per heavy atom. The van der Waals surface area contributed by atoms with Crippen molar-refractivity contribution in [2.45, 2.75) is 24.8 Å². The number of benzene rings is 2. The van der Waals surface area contributed by atoms with Crippen LogP contribution in [0.4, 0.5) is 16.2 Å². The van der Waals surface area contributed by atoms with Gasteiger partial charge in [-0.05, 0) is 42.3 Å². The maximum atomic E-state index is 12.0. The van der Waals surface area contributed by atoms with E-state index in [9.17, 15) is 23.1 Å². The van der Waals surface area contributed by atoms with E-state index >= 15 is 0 Å². The second-order valence-electron chi connectivity index (χ2n) is 6.63. The summed E-state index contributed by atoms with van der Waals surface area (Å²) in [5, 5.41) is 9.57. The molecule has 0 saturated heterocycles. The zero-order valence-electron chi connectivity index (χ0n) is 15.2. The van der Waals surface area contributed by atoms with Gasteiger partial charge in [-0.3, -0.25) is 9.69 Å². The van der Waals surface area contributed by atoms with Crippen LogP contribution in [0.15, 0.2) is 47.4 Å². The van der Waals surface area contributed by atoms with Gasteiger partial charge in [0.25, 0.3) is 0 Å². The van der Waals surface area contributed by atoms with Gasteiger partial charge in [-0.25, -0.2) is 13.2 Å². The van der Waals surface area contributed by atoms with Gasteiger partial charge in [0.05, 0.1) is 22.3 Å². The van der Waals surface area contributed by atoms with E-state index in [0.717, 1.165) is 17.4 Å². The molecule has 0 saturated carbocycles. The molecule has 2 amide bonds. The Hall–Kier alpha value is -2.87. The summed E-state index contributed by atoms with van der Waals surface area (Å²) in [5.74, 6) is -0.154. The average Bonchev–Trinajstić information content (AvgIpc) is 2.59. The van der Waals surface area contributed by atoms with Gasteiger partial charge in [-0.1, -0.05) is 18.2 Å². The molecule has 0 radical (unpaired) electrons. The molecule has 2 aromatic carbocycles. The highest BCUT2D eigenvalue weighted by Gasteiger charge is 2.33. The first-order chi connectivity index (χ1) is 12.6. The molecule has 7 nitrogen and oxygen atoms in total. The summed E-state index contributed by atoms with van der Waals surface area (Å²) in [6.07, 6.45) is 0.0549. The van der Waals surface area contributed by atoms with Gasteiger partial charge in [0.2, 0.25) is 5.91 Å². The third-order valence-corrected chi connectivity index (χ3v) is 5.73. The topological polar surface area (TPSA) is 95.0 Å². The summed E-state index contributed by atoms with van der Waals surface area (Å²) in [7, 11) is -3.29. The number of fused-ring (bicyclic) bond motifs is 1. The Labute approximate surface area is 157 Å². The van der Waals surface area contributed by atoms with Crippen molar-refractivity contribution >= 4 is 33.2 Å². The highest BCUT2D eigenvalue weighted by atomic mass is 32.2. The van der Waals surface area contributed by atoms with E-state index in [1.165, 1.54) is 24.0 Å². The predicted octanol–water partition coefficient (Wildman–Crippen LogP) is 3.00. The molecule has 1 heterocycles. The largest absolute Gasteiger partial charge is 0.465 e. The summed E-state index contributed by atoms with van der Waals surface area (Å²) < 4.78 is 23.2. The molecular formula is C19H20N2O5S. The Balaban J connectivity index is 2.10. The van der Waals surface area contributed by atoms with Crippen LogP contribution in [0.3, 0.4) is 0 Å². The van der Waals surface area contributed by atoms with E-state index in [1.54, 1.807) is 42.2 Å². The number of amides is 2. The molecule has 27 heavy (non-hydrogen) atoms. The Morgan fingerprint density at radius 3 is 2.15 bits per heavy atom. The van der Waals surface area contributed by atoms with Crippen LogP contribution < -0.4 is 9.80 Å². The molecule has 1 N–H and O–H groups in total. The smallest absolute Gasteiger partial charge is 0.411 e. The molecule has 1 atom stereocenters. The standard InChI is InChI=1S/C19H20N2O5S/c1-12-11-20(19(23)24)18-10-15(6-9-17(18)21(12)13(2)22)14-4-7-16(8-5-14)27(3,25)26/h4-10,12H,11H2,1-3H3,(H,23,24). The molecular weight excluding hydrogens is 368 g/mol. The first-order valence-electron chi connectivity index (χ1n) is 8.34. The SMILES string of the molecule is CC(=O)N1c2ccc(-c3ccc(S(C)(=O)=O)cc3)cc2N(C(=O)O)CC1C. The van der Waals surface area contributed by atoms with Crippen molar-refractivity contribution in [3.05, 3.63) is 42.5 Å². The van der Waals surface area contributed by atoms with Crippen molar-refractivity contribution in [1.82, 2.24) is 0 Å². The van der Waals surface area contributed by atoms with E-state index in [1.807, 2.05) is 0 Å². The third kappa shape index (κ3) is 3.52. The monoisotopic (exact) mass is 388 g/mol. The Morgan fingerprint density at radius 1 is 1.04 bits per heavy atom. The van der Waals surface area contributed by atoms with Crippen molar-refractivity contribution in [1.29, 1.82) is 0 Å². The van der Waals surface area contributed by atoms with Crippen LogP contribution in [0.1, 0.15) is 13.8 Å². The number of hydrogen-bond acceptors (Lipinski definition) is 4. The van der Waals surface area contributed by atoms with E-state index in [0.29, 0.717) is 11.4 Å². The number of carboxylic acid groups (broad SMARTS) is 1. The summed E-state index contributed by atoms with van der Waals surface area (Å²) in [5.41, 5.74) is 2.46. The van der Waals surface area contributed by atoms with Crippen molar-refractivity contribution in [2.24, 2.45) is 0 Å². The molecule has 2 aromatic rings. The number of anilines is 2. The molecule has 0 fully saturated rings. The molecule has 0 aliphatic carbocycles. The average molecular weight is 388 g/mol. The zero-order chi connectivity index (χ0) is 19.9. The van der Waals surface area contributed by atoms with Crippen LogP contribution in [0.5, 0.6) is 0 Å². The minimum atomic E-state index is -3.29. The second kappa shape index (κ2) is 6.70. The summed E-state index contributed by atoms with van der Waals surface area (Å²) in [6, 6.07) is 11.3. The number of hydrogen-bond donors (Lipinski definition) is 1. The molecule has 0 spiro atoms. The lowest BCUT2D eigenvalue weighted by Crippen LogP contribution is -2.51. The highest BCUT2D eigenvalue weighted by Crippen LogP contribution is 2.39. The van der Waals surface area contributed by atoms with E-state index in [4.69, 9.17) is 0 Å². The predicted molar refractivity (Wildman–Crippen MR) is 103 cm³/mol. The van der Waals surface area contributed by atoms with Gasteiger partial charge in [-0.15, -0.1) is 0 Å². The lowest BCUT2D eigenvalue weighted by molar-refractivity contribution is -0.117. The van der Waals surface area contributed by atoms with Crippen LogP contribution in [0.25, 0.3) is 11.1 Å². The van der Waals surface area contributed by atoms with Crippen LogP contribution in [0, 0.1) is 0 Å².